The summed E-state index contributed by atoms with van der Waals surface area (Å²) in [7, 11) is 0. The highest BCUT2D eigenvalue weighted by Gasteiger charge is 2.32. The maximum atomic E-state index is 12.8. The highest BCUT2D eigenvalue weighted by molar-refractivity contribution is 5.82. The predicted molar refractivity (Wildman–Crippen MR) is 96.7 cm³/mol. The molecule has 0 spiro atoms. The molecule has 4 rings (SSSR count). The van der Waals surface area contributed by atoms with Gasteiger partial charge in [0.05, 0.1) is 0 Å². The Morgan fingerprint density at radius 1 is 1.08 bits per heavy atom. The van der Waals surface area contributed by atoms with Crippen molar-refractivity contribution in [2.45, 2.75) is 20.0 Å². The van der Waals surface area contributed by atoms with E-state index in [4.69, 9.17) is 9.47 Å². The Kier molecular flexibility index (Phi) is 4.36. The van der Waals surface area contributed by atoms with Gasteiger partial charge in [-0.1, -0.05) is 12.1 Å². The minimum atomic E-state index is -0.583. The first-order valence-corrected chi connectivity index (χ1v) is 8.84. The number of nitrogens with zero attached hydrogens (tertiary/aromatic N) is 4. The molecule has 1 saturated heterocycles. The third-order valence-corrected chi connectivity index (χ3v) is 4.65. The smallest absolute Gasteiger partial charge is 0.267 e. The summed E-state index contributed by atoms with van der Waals surface area (Å²) >= 11 is 0. The predicted octanol–water partition coefficient (Wildman–Crippen LogP) is 1.58. The third kappa shape index (κ3) is 3.29. The Bertz CT molecular complexity index is 798. The SMILES string of the molecule is Cc1cc(N2CCN(C(=O)C3COc4ccccc4O3)CC2)nc(C)n1. The zero-order chi connectivity index (χ0) is 18.1. The second-order valence-corrected chi connectivity index (χ2v) is 6.59. The molecule has 0 radical (unpaired) electrons. The van der Waals surface area contributed by atoms with Gasteiger partial charge in [0, 0.05) is 37.9 Å². The number of piperazine rings is 1. The van der Waals surface area contributed by atoms with Crippen molar-refractivity contribution < 1.29 is 14.3 Å². The van der Waals surface area contributed by atoms with Crippen LogP contribution in [0.15, 0.2) is 30.3 Å². The molecule has 26 heavy (non-hydrogen) atoms. The van der Waals surface area contributed by atoms with E-state index in [1.165, 1.54) is 0 Å². The average Bonchev–Trinajstić information content (AvgIpc) is 2.66. The van der Waals surface area contributed by atoms with Gasteiger partial charge in [-0.3, -0.25) is 4.79 Å². The van der Waals surface area contributed by atoms with Crippen LogP contribution >= 0.6 is 0 Å². The maximum Gasteiger partial charge on any atom is 0.267 e. The van der Waals surface area contributed by atoms with Gasteiger partial charge in [-0.2, -0.15) is 0 Å². The summed E-state index contributed by atoms with van der Waals surface area (Å²) in [5.41, 5.74) is 0.956. The van der Waals surface area contributed by atoms with Crippen molar-refractivity contribution in [3.8, 4) is 11.5 Å². The summed E-state index contributed by atoms with van der Waals surface area (Å²) in [5.74, 6) is 2.99. The van der Waals surface area contributed by atoms with Gasteiger partial charge in [-0.15, -0.1) is 0 Å². The van der Waals surface area contributed by atoms with E-state index in [1.54, 1.807) is 0 Å². The normalized spacial score (nSPS) is 19.4. The first-order chi connectivity index (χ1) is 12.6. The van der Waals surface area contributed by atoms with Crippen molar-refractivity contribution in [3.05, 3.63) is 41.9 Å². The van der Waals surface area contributed by atoms with Gasteiger partial charge in [-0.25, -0.2) is 9.97 Å². The molecule has 1 atom stereocenters. The molecule has 3 heterocycles. The molecule has 1 aromatic carbocycles. The monoisotopic (exact) mass is 354 g/mol. The zero-order valence-electron chi connectivity index (χ0n) is 15.0. The first kappa shape index (κ1) is 16.6. The lowest BCUT2D eigenvalue weighted by atomic mass is 10.2. The van der Waals surface area contributed by atoms with E-state index < -0.39 is 6.10 Å². The third-order valence-electron chi connectivity index (χ3n) is 4.65. The fourth-order valence-electron chi connectivity index (χ4n) is 3.36. The minimum Gasteiger partial charge on any atom is -0.485 e. The van der Waals surface area contributed by atoms with Crippen LogP contribution in [0.3, 0.4) is 0 Å². The molecule has 0 N–H and O–H groups in total. The van der Waals surface area contributed by atoms with Crippen molar-refractivity contribution >= 4 is 11.7 Å². The summed E-state index contributed by atoms with van der Waals surface area (Å²) in [5, 5.41) is 0. The van der Waals surface area contributed by atoms with Crippen LogP contribution in [0.25, 0.3) is 0 Å². The van der Waals surface area contributed by atoms with E-state index in [9.17, 15) is 4.79 Å². The van der Waals surface area contributed by atoms with Crippen molar-refractivity contribution in [2.75, 3.05) is 37.7 Å². The molecular formula is C19H22N4O3. The van der Waals surface area contributed by atoms with Crippen LogP contribution in [0, 0.1) is 13.8 Å². The van der Waals surface area contributed by atoms with E-state index in [0.717, 1.165) is 30.4 Å². The summed E-state index contributed by atoms with van der Waals surface area (Å²) in [6.07, 6.45) is -0.583. The van der Waals surface area contributed by atoms with Crippen LogP contribution in [-0.2, 0) is 4.79 Å². The number of hydrogen-bond donors (Lipinski definition) is 0. The lowest BCUT2D eigenvalue weighted by Crippen LogP contribution is -2.54. The van der Waals surface area contributed by atoms with Gasteiger partial charge < -0.3 is 19.3 Å². The van der Waals surface area contributed by atoms with E-state index >= 15 is 0 Å². The second-order valence-electron chi connectivity index (χ2n) is 6.59. The minimum absolute atomic E-state index is 0.0193. The Hall–Kier alpha value is -2.83. The van der Waals surface area contributed by atoms with Crippen LogP contribution in [0.2, 0.25) is 0 Å². The van der Waals surface area contributed by atoms with Gasteiger partial charge >= 0.3 is 0 Å². The molecule has 1 aromatic heterocycles. The van der Waals surface area contributed by atoms with Gasteiger partial charge in [0.25, 0.3) is 5.91 Å². The van der Waals surface area contributed by atoms with Crippen LogP contribution in [-0.4, -0.2) is 59.7 Å². The lowest BCUT2D eigenvalue weighted by molar-refractivity contribution is -0.141. The van der Waals surface area contributed by atoms with E-state index in [2.05, 4.69) is 14.9 Å². The van der Waals surface area contributed by atoms with Gasteiger partial charge in [-0.05, 0) is 26.0 Å². The number of fused-ring (bicyclic) bond motifs is 1. The molecule has 2 aliphatic heterocycles. The highest BCUT2D eigenvalue weighted by Crippen LogP contribution is 2.31. The first-order valence-electron chi connectivity index (χ1n) is 8.84. The molecule has 7 heteroatoms. The van der Waals surface area contributed by atoms with Crippen molar-refractivity contribution in [1.82, 2.24) is 14.9 Å². The van der Waals surface area contributed by atoms with Crippen LogP contribution in [0.5, 0.6) is 11.5 Å². The molecular weight excluding hydrogens is 332 g/mol. The molecule has 0 aliphatic carbocycles. The van der Waals surface area contributed by atoms with Gasteiger partial charge in [0.2, 0.25) is 6.10 Å². The van der Waals surface area contributed by atoms with Crippen LogP contribution in [0.1, 0.15) is 11.5 Å². The summed E-state index contributed by atoms with van der Waals surface area (Å²) in [6, 6.07) is 9.42. The Morgan fingerprint density at radius 3 is 2.54 bits per heavy atom. The molecule has 7 nitrogen and oxygen atoms in total. The number of carbonyl (C=O) groups excluding carboxylic acids is 1. The fourth-order valence-corrected chi connectivity index (χ4v) is 3.36. The number of aryl methyl sites for hydroxylation is 2. The van der Waals surface area contributed by atoms with Crippen molar-refractivity contribution in [1.29, 1.82) is 0 Å². The number of benzene rings is 1. The summed E-state index contributed by atoms with van der Waals surface area (Å²) < 4.78 is 11.5. The second kappa shape index (κ2) is 6.82. The number of aromatic nitrogens is 2. The summed E-state index contributed by atoms with van der Waals surface area (Å²) in [4.78, 5) is 25.7. The molecule has 1 fully saturated rings. The maximum absolute atomic E-state index is 12.8. The number of ether oxygens (including phenoxy) is 2. The zero-order valence-corrected chi connectivity index (χ0v) is 15.0. The Balaban J connectivity index is 1.38. The largest absolute Gasteiger partial charge is 0.485 e. The molecule has 136 valence electrons. The van der Waals surface area contributed by atoms with E-state index in [0.29, 0.717) is 24.6 Å². The topological polar surface area (TPSA) is 67.8 Å². The highest BCUT2D eigenvalue weighted by atomic mass is 16.6. The molecule has 0 saturated carbocycles. The number of hydrogen-bond acceptors (Lipinski definition) is 6. The van der Waals surface area contributed by atoms with Crippen LogP contribution in [0.4, 0.5) is 5.82 Å². The number of para-hydroxylation sites is 2. The fraction of sp³-hybridized carbons (Fsp3) is 0.421. The Morgan fingerprint density at radius 2 is 1.81 bits per heavy atom. The van der Waals surface area contributed by atoms with Crippen LogP contribution < -0.4 is 14.4 Å². The quantitative estimate of drug-likeness (QED) is 0.816. The van der Waals surface area contributed by atoms with Gasteiger partial charge in [0.15, 0.2) is 11.5 Å². The number of amides is 1. The number of carbonyl (C=O) groups is 1. The lowest BCUT2D eigenvalue weighted by Gasteiger charge is -2.37. The average molecular weight is 354 g/mol. The Labute approximate surface area is 152 Å². The molecule has 2 aliphatic rings. The molecule has 0 bridgehead atoms. The standard InChI is InChI=1S/C19H22N4O3/c1-13-11-18(21-14(2)20-13)22-7-9-23(10-8-22)19(24)17-12-25-15-5-3-4-6-16(15)26-17/h3-6,11,17H,7-10,12H2,1-2H3. The number of rotatable bonds is 2. The molecule has 2 aromatic rings. The summed E-state index contributed by atoms with van der Waals surface area (Å²) in [6.45, 7) is 6.88. The van der Waals surface area contributed by atoms with E-state index in [1.807, 2.05) is 49.1 Å². The van der Waals surface area contributed by atoms with Gasteiger partial charge in [0.1, 0.15) is 18.2 Å². The molecule has 1 unspecified atom stereocenters. The molecule has 1 amide bonds. The van der Waals surface area contributed by atoms with Crippen molar-refractivity contribution in [3.63, 3.8) is 0 Å². The van der Waals surface area contributed by atoms with Crippen molar-refractivity contribution in [2.24, 2.45) is 0 Å². The number of anilines is 1. The van der Waals surface area contributed by atoms with E-state index in [-0.39, 0.29) is 12.5 Å².